The summed E-state index contributed by atoms with van der Waals surface area (Å²) < 4.78 is 0. The number of hydrogen-bond acceptors (Lipinski definition) is 2. The van der Waals surface area contributed by atoms with E-state index in [-0.39, 0.29) is 0 Å². The number of aliphatic imine (C=N–C) groups is 1. The molecule has 2 N–H and O–H groups in total. The SMILES string of the molecule is C/N=C/C/C=C\N. The average Bonchev–Trinajstić information content (AvgIpc) is 1.69. The van der Waals surface area contributed by atoms with Crippen molar-refractivity contribution in [3.63, 3.8) is 0 Å². The average molecular weight is 98.1 g/mol. The van der Waals surface area contributed by atoms with Crippen molar-refractivity contribution in [3.05, 3.63) is 12.3 Å². The van der Waals surface area contributed by atoms with Crippen molar-refractivity contribution in [2.24, 2.45) is 10.7 Å². The molecule has 0 aromatic heterocycles. The highest BCUT2D eigenvalue weighted by atomic mass is 14.6. The van der Waals surface area contributed by atoms with E-state index in [1.54, 1.807) is 13.3 Å². The molecule has 0 bridgehead atoms. The summed E-state index contributed by atoms with van der Waals surface area (Å²) in [6.07, 6.45) is 5.99. The van der Waals surface area contributed by atoms with Gasteiger partial charge in [0.25, 0.3) is 0 Å². The Balaban J connectivity index is 2.98. The normalized spacial score (nSPS) is 11.6. The lowest BCUT2D eigenvalue weighted by Gasteiger charge is -1.73. The number of nitrogens with zero attached hydrogens (tertiary/aromatic N) is 1. The van der Waals surface area contributed by atoms with Crippen LogP contribution in [-0.2, 0) is 0 Å². The molecule has 0 saturated heterocycles. The zero-order valence-electron chi connectivity index (χ0n) is 4.46. The van der Waals surface area contributed by atoms with Crippen LogP contribution in [0.15, 0.2) is 17.3 Å². The van der Waals surface area contributed by atoms with Gasteiger partial charge >= 0.3 is 0 Å². The smallest absolute Gasteiger partial charge is 0.0273 e. The summed E-state index contributed by atoms with van der Waals surface area (Å²) in [4.78, 5) is 3.74. The van der Waals surface area contributed by atoms with E-state index in [1.807, 2.05) is 6.08 Å². The third-order valence-electron chi connectivity index (χ3n) is 0.560. The molecule has 0 atom stereocenters. The van der Waals surface area contributed by atoms with E-state index in [0.717, 1.165) is 6.42 Å². The van der Waals surface area contributed by atoms with Crippen molar-refractivity contribution < 1.29 is 0 Å². The van der Waals surface area contributed by atoms with Crippen LogP contribution in [-0.4, -0.2) is 13.3 Å². The molecule has 0 unspecified atom stereocenters. The highest BCUT2D eigenvalue weighted by molar-refractivity contribution is 5.58. The third-order valence-corrected chi connectivity index (χ3v) is 0.560. The maximum Gasteiger partial charge on any atom is 0.0273 e. The molecular formula is C5H10N2. The molecule has 0 aromatic rings. The highest BCUT2D eigenvalue weighted by Gasteiger charge is 1.62. The van der Waals surface area contributed by atoms with Crippen LogP contribution in [0.1, 0.15) is 6.42 Å². The van der Waals surface area contributed by atoms with Crippen LogP contribution >= 0.6 is 0 Å². The monoisotopic (exact) mass is 98.1 g/mol. The summed E-state index contributed by atoms with van der Waals surface area (Å²) in [5.74, 6) is 0. The highest BCUT2D eigenvalue weighted by Crippen LogP contribution is 1.71. The lowest BCUT2D eigenvalue weighted by molar-refractivity contribution is 1.39. The van der Waals surface area contributed by atoms with Gasteiger partial charge < -0.3 is 10.7 Å². The van der Waals surface area contributed by atoms with Crippen LogP contribution in [0.3, 0.4) is 0 Å². The van der Waals surface area contributed by atoms with Crippen LogP contribution in [0, 0.1) is 0 Å². The Labute approximate surface area is 43.7 Å². The number of hydrogen-bond donors (Lipinski definition) is 1. The zero-order chi connectivity index (χ0) is 5.54. The fourth-order valence-electron chi connectivity index (χ4n) is 0.245. The van der Waals surface area contributed by atoms with Crippen molar-refractivity contribution in [2.45, 2.75) is 6.42 Å². The molecule has 0 aliphatic carbocycles. The van der Waals surface area contributed by atoms with Crippen LogP contribution in [0.5, 0.6) is 0 Å². The van der Waals surface area contributed by atoms with E-state index in [2.05, 4.69) is 4.99 Å². The van der Waals surface area contributed by atoms with Crippen molar-refractivity contribution in [1.82, 2.24) is 0 Å². The lowest BCUT2D eigenvalue weighted by atomic mass is 10.4. The molecular weight excluding hydrogens is 88.1 g/mol. The van der Waals surface area contributed by atoms with Gasteiger partial charge in [-0.25, -0.2) is 0 Å². The molecule has 2 nitrogen and oxygen atoms in total. The van der Waals surface area contributed by atoms with Gasteiger partial charge in [0, 0.05) is 19.7 Å². The second-order valence-corrected chi connectivity index (χ2v) is 1.10. The first-order valence-electron chi connectivity index (χ1n) is 2.19. The van der Waals surface area contributed by atoms with Gasteiger partial charge in [0.2, 0.25) is 0 Å². The van der Waals surface area contributed by atoms with Crippen LogP contribution in [0.4, 0.5) is 0 Å². The van der Waals surface area contributed by atoms with Crippen molar-refractivity contribution >= 4 is 6.21 Å². The van der Waals surface area contributed by atoms with Gasteiger partial charge in [-0.05, 0) is 6.20 Å². The molecule has 0 aliphatic rings. The Morgan fingerprint density at radius 3 is 2.86 bits per heavy atom. The second-order valence-electron chi connectivity index (χ2n) is 1.10. The Kier molecular flexibility index (Phi) is 4.62. The van der Waals surface area contributed by atoms with E-state index in [1.165, 1.54) is 6.20 Å². The number of nitrogens with two attached hydrogens (primary N) is 1. The summed E-state index contributed by atoms with van der Waals surface area (Å²) in [6, 6.07) is 0. The summed E-state index contributed by atoms with van der Waals surface area (Å²) in [7, 11) is 1.74. The molecule has 40 valence electrons. The van der Waals surface area contributed by atoms with Gasteiger partial charge in [-0.15, -0.1) is 0 Å². The van der Waals surface area contributed by atoms with E-state index in [4.69, 9.17) is 5.73 Å². The van der Waals surface area contributed by atoms with Gasteiger partial charge in [0.05, 0.1) is 0 Å². The Bertz CT molecular complexity index is 64.1. The van der Waals surface area contributed by atoms with E-state index >= 15 is 0 Å². The molecule has 0 fully saturated rings. The predicted molar refractivity (Wildman–Crippen MR) is 32.4 cm³/mol. The maximum atomic E-state index is 5.03. The number of rotatable bonds is 2. The Morgan fingerprint density at radius 2 is 2.43 bits per heavy atom. The Hall–Kier alpha value is -0.790. The first-order chi connectivity index (χ1) is 3.41. The minimum Gasteiger partial charge on any atom is -0.405 e. The summed E-state index contributed by atoms with van der Waals surface area (Å²) in [6.45, 7) is 0. The quantitative estimate of drug-likeness (QED) is 0.503. The van der Waals surface area contributed by atoms with Crippen molar-refractivity contribution in [1.29, 1.82) is 0 Å². The van der Waals surface area contributed by atoms with Crippen LogP contribution in [0.25, 0.3) is 0 Å². The molecule has 0 radical (unpaired) electrons. The maximum absolute atomic E-state index is 5.03. The largest absolute Gasteiger partial charge is 0.405 e. The van der Waals surface area contributed by atoms with Crippen molar-refractivity contribution in [2.75, 3.05) is 7.05 Å². The molecule has 7 heavy (non-hydrogen) atoms. The van der Waals surface area contributed by atoms with Gasteiger partial charge in [-0.3, -0.25) is 0 Å². The zero-order valence-corrected chi connectivity index (χ0v) is 4.46. The molecule has 0 spiro atoms. The van der Waals surface area contributed by atoms with E-state index < -0.39 is 0 Å². The Morgan fingerprint density at radius 1 is 1.71 bits per heavy atom. The van der Waals surface area contributed by atoms with Gasteiger partial charge in [-0.1, -0.05) is 6.08 Å². The third kappa shape index (κ3) is 5.21. The van der Waals surface area contributed by atoms with Gasteiger partial charge in [-0.2, -0.15) is 0 Å². The molecule has 0 aliphatic heterocycles. The first-order valence-corrected chi connectivity index (χ1v) is 2.19. The van der Waals surface area contributed by atoms with Crippen LogP contribution in [0.2, 0.25) is 0 Å². The minimum absolute atomic E-state index is 0.840. The standard InChI is InChI=1S/C5H10N2/c1-7-5-3-2-4-6/h2,4-5H,3,6H2,1H3/b4-2-,7-5+. The minimum atomic E-state index is 0.840. The predicted octanol–water partition coefficient (Wildman–Crippen LogP) is 0.550. The molecule has 0 rings (SSSR count). The number of allylic oxidation sites excluding steroid dienone is 1. The van der Waals surface area contributed by atoms with E-state index in [0.29, 0.717) is 0 Å². The lowest BCUT2D eigenvalue weighted by Crippen LogP contribution is -1.76. The fourth-order valence-corrected chi connectivity index (χ4v) is 0.245. The fraction of sp³-hybridized carbons (Fsp3) is 0.400. The van der Waals surface area contributed by atoms with Crippen molar-refractivity contribution in [3.8, 4) is 0 Å². The molecule has 0 aromatic carbocycles. The second kappa shape index (κ2) is 5.21. The first kappa shape index (κ1) is 6.21. The molecule has 0 saturated carbocycles. The molecule has 0 heterocycles. The summed E-state index contributed by atoms with van der Waals surface area (Å²) in [5.41, 5.74) is 5.03. The van der Waals surface area contributed by atoms with E-state index in [9.17, 15) is 0 Å². The molecule has 2 heteroatoms. The van der Waals surface area contributed by atoms with Crippen LogP contribution < -0.4 is 5.73 Å². The summed E-state index contributed by atoms with van der Waals surface area (Å²) in [5, 5.41) is 0. The molecule has 0 amide bonds. The van der Waals surface area contributed by atoms with Gasteiger partial charge in [0.1, 0.15) is 0 Å². The van der Waals surface area contributed by atoms with Gasteiger partial charge in [0.15, 0.2) is 0 Å². The summed E-state index contributed by atoms with van der Waals surface area (Å²) >= 11 is 0. The topological polar surface area (TPSA) is 38.4 Å².